The second-order valence-corrected chi connectivity index (χ2v) is 4.47. The molecule has 7 heteroatoms. The first kappa shape index (κ1) is 15.6. The SMILES string of the molecule is COCCCNC(=O)CN(C)C(C)c1nc(C)no1. The fraction of sp³-hybridized carbons (Fsp3) is 0.750. The fourth-order valence-electron chi connectivity index (χ4n) is 1.54. The van der Waals surface area contributed by atoms with Crippen LogP contribution in [0.25, 0.3) is 0 Å². The number of rotatable bonds is 8. The molecule has 1 atom stereocenters. The van der Waals surface area contributed by atoms with Crippen molar-refractivity contribution in [3.05, 3.63) is 11.7 Å². The lowest BCUT2D eigenvalue weighted by Gasteiger charge is -2.20. The first-order valence-electron chi connectivity index (χ1n) is 6.30. The molecule has 0 aliphatic heterocycles. The second-order valence-electron chi connectivity index (χ2n) is 4.47. The van der Waals surface area contributed by atoms with Gasteiger partial charge in [-0.15, -0.1) is 0 Å². The molecule has 0 radical (unpaired) electrons. The smallest absolute Gasteiger partial charge is 0.243 e. The van der Waals surface area contributed by atoms with Crippen LogP contribution in [-0.2, 0) is 9.53 Å². The molecule has 1 N–H and O–H groups in total. The van der Waals surface area contributed by atoms with E-state index in [1.807, 2.05) is 18.9 Å². The number of aryl methyl sites for hydroxylation is 1. The van der Waals surface area contributed by atoms with Gasteiger partial charge in [0.1, 0.15) is 0 Å². The Morgan fingerprint density at radius 2 is 2.32 bits per heavy atom. The summed E-state index contributed by atoms with van der Waals surface area (Å²) in [6, 6.07) is -0.0917. The third kappa shape index (κ3) is 5.35. The van der Waals surface area contributed by atoms with Crippen molar-refractivity contribution in [2.45, 2.75) is 26.3 Å². The van der Waals surface area contributed by atoms with Crippen molar-refractivity contribution < 1.29 is 14.1 Å². The number of hydrogen-bond donors (Lipinski definition) is 1. The molecule has 0 fully saturated rings. The highest BCUT2D eigenvalue weighted by molar-refractivity contribution is 5.77. The first-order chi connectivity index (χ1) is 9.04. The van der Waals surface area contributed by atoms with Crippen LogP contribution in [0.15, 0.2) is 4.52 Å². The minimum absolute atomic E-state index is 0.0262. The first-order valence-corrected chi connectivity index (χ1v) is 6.30. The molecule has 1 aromatic heterocycles. The molecule has 1 aromatic rings. The van der Waals surface area contributed by atoms with E-state index in [0.717, 1.165) is 6.42 Å². The zero-order chi connectivity index (χ0) is 14.3. The Morgan fingerprint density at radius 3 is 2.89 bits per heavy atom. The van der Waals surface area contributed by atoms with Crippen molar-refractivity contribution in [3.63, 3.8) is 0 Å². The van der Waals surface area contributed by atoms with E-state index in [1.54, 1.807) is 14.0 Å². The molecule has 1 amide bonds. The van der Waals surface area contributed by atoms with Crippen LogP contribution >= 0.6 is 0 Å². The van der Waals surface area contributed by atoms with Crippen LogP contribution in [-0.4, -0.2) is 54.8 Å². The molecule has 0 saturated heterocycles. The zero-order valence-electron chi connectivity index (χ0n) is 12.0. The van der Waals surface area contributed by atoms with Gasteiger partial charge in [0.2, 0.25) is 11.8 Å². The molecule has 1 unspecified atom stereocenters. The van der Waals surface area contributed by atoms with Gasteiger partial charge in [0, 0.05) is 20.3 Å². The van der Waals surface area contributed by atoms with Crippen molar-refractivity contribution in [2.75, 3.05) is 33.9 Å². The number of likely N-dealkylation sites (N-methyl/N-ethyl adjacent to an activating group) is 1. The molecule has 0 aliphatic rings. The van der Waals surface area contributed by atoms with E-state index in [0.29, 0.717) is 24.9 Å². The highest BCUT2D eigenvalue weighted by Gasteiger charge is 2.19. The molecule has 0 spiro atoms. The summed E-state index contributed by atoms with van der Waals surface area (Å²) in [5.41, 5.74) is 0. The van der Waals surface area contributed by atoms with Crippen LogP contribution in [0.4, 0.5) is 0 Å². The van der Waals surface area contributed by atoms with E-state index in [1.165, 1.54) is 0 Å². The lowest BCUT2D eigenvalue weighted by molar-refractivity contribution is -0.122. The van der Waals surface area contributed by atoms with Crippen LogP contribution in [0.5, 0.6) is 0 Å². The number of carbonyl (C=O) groups is 1. The van der Waals surface area contributed by atoms with Gasteiger partial charge in [0.25, 0.3) is 0 Å². The van der Waals surface area contributed by atoms with Crippen molar-refractivity contribution in [3.8, 4) is 0 Å². The number of carbonyl (C=O) groups excluding carboxylic acids is 1. The number of nitrogens with zero attached hydrogens (tertiary/aromatic N) is 3. The van der Waals surface area contributed by atoms with Crippen LogP contribution < -0.4 is 5.32 Å². The van der Waals surface area contributed by atoms with Crippen molar-refractivity contribution in [2.24, 2.45) is 0 Å². The Bertz CT molecular complexity index is 394. The summed E-state index contributed by atoms with van der Waals surface area (Å²) < 4.78 is 10.0. The van der Waals surface area contributed by atoms with Crippen molar-refractivity contribution in [1.82, 2.24) is 20.4 Å². The molecule has 0 aliphatic carbocycles. The van der Waals surface area contributed by atoms with E-state index < -0.39 is 0 Å². The molecular weight excluding hydrogens is 248 g/mol. The van der Waals surface area contributed by atoms with Crippen LogP contribution in [0.1, 0.15) is 31.1 Å². The van der Waals surface area contributed by atoms with Crippen molar-refractivity contribution in [1.29, 1.82) is 0 Å². The summed E-state index contributed by atoms with van der Waals surface area (Å²) >= 11 is 0. The summed E-state index contributed by atoms with van der Waals surface area (Å²) in [7, 11) is 3.49. The highest BCUT2D eigenvalue weighted by atomic mass is 16.5. The molecule has 108 valence electrons. The molecule has 0 aromatic carbocycles. The Hall–Kier alpha value is -1.47. The molecule has 1 rings (SSSR count). The Labute approximate surface area is 113 Å². The standard InChI is InChI=1S/C12H22N4O3/c1-9(12-14-10(2)15-19-12)16(3)8-11(17)13-6-5-7-18-4/h9H,5-8H2,1-4H3,(H,13,17). The quantitative estimate of drug-likeness (QED) is 0.694. The summed E-state index contributed by atoms with van der Waals surface area (Å²) in [6.45, 7) is 5.24. The van der Waals surface area contributed by atoms with Gasteiger partial charge in [-0.05, 0) is 27.3 Å². The van der Waals surface area contributed by atoms with Gasteiger partial charge < -0.3 is 14.6 Å². The Balaban J connectivity index is 2.33. The number of amides is 1. The van der Waals surface area contributed by atoms with Crippen LogP contribution in [0, 0.1) is 6.92 Å². The number of methoxy groups -OCH3 is 1. The average Bonchev–Trinajstić information content (AvgIpc) is 2.80. The molecule has 7 nitrogen and oxygen atoms in total. The number of hydrogen-bond acceptors (Lipinski definition) is 6. The predicted molar refractivity (Wildman–Crippen MR) is 69.6 cm³/mol. The third-order valence-electron chi connectivity index (χ3n) is 2.80. The third-order valence-corrected chi connectivity index (χ3v) is 2.80. The van der Waals surface area contributed by atoms with E-state index in [2.05, 4.69) is 15.5 Å². The normalized spacial score (nSPS) is 12.7. The average molecular weight is 270 g/mol. The number of ether oxygens (including phenoxy) is 1. The van der Waals surface area contributed by atoms with E-state index in [9.17, 15) is 4.79 Å². The molecule has 0 saturated carbocycles. The summed E-state index contributed by atoms with van der Waals surface area (Å²) in [6.07, 6.45) is 0.810. The molecule has 1 heterocycles. The number of aromatic nitrogens is 2. The van der Waals surface area contributed by atoms with Crippen molar-refractivity contribution >= 4 is 5.91 Å². The van der Waals surface area contributed by atoms with Gasteiger partial charge in [-0.3, -0.25) is 9.69 Å². The maximum Gasteiger partial charge on any atom is 0.243 e. The van der Waals surface area contributed by atoms with E-state index >= 15 is 0 Å². The van der Waals surface area contributed by atoms with Gasteiger partial charge >= 0.3 is 0 Å². The monoisotopic (exact) mass is 270 g/mol. The molecule has 0 bridgehead atoms. The lowest BCUT2D eigenvalue weighted by atomic mass is 10.3. The minimum atomic E-state index is -0.0917. The van der Waals surface area contributed by atoms with E-state index in [-0.39, 0.29) is 18.5 Å². The predicted octanol–water partition coefficient (Wildman–Crippen LogP) is 0.524. The van der Waals surface area contributed by atoms with Gasteiger partial charge in [-0.1, -0.05) is 5.16 Å². The maximum absolute atomic E-state index is 11.7. The maximum atomic E-state index is 11.7. The lowest BCUT2D eigenvalue weighted by Crippen LogP contribution is -2.37. The summed E-state index contributed by atoms with van der Waals surface area (Å²) in [4.78, 5) is 17.7. The topological polar surface area (TPSA) is 80.5 Å². The minimum Gasteiger partial charge on any atom is -0.385 e. The molecule has 19 heavy (non-hydrogen) atoms. The highest BCUT2D eigenvalue weighted by Crippen LogP contribution is 2.15. The molecular formula is C12H22N4O3. The van der Waals surface area contributed by atoms with Crippen LogP contribution in [0.2, 0.25) is 0 Å². The second kappa shape index (κ2) is 7.85. The van der Waals surface area contributed by atoms with Gasteiger partial charge in [-0.2, -0.15) is 4.98 Å². The number of nitrogens with one attached hydrogen (secondary N) is 1. The largest absolute Gasteiger partial charge is 0.385 e. The zero-order valence-corrected chi connectivity index (χ0v) is 12.0. The van der Waals surface area contributed by atoms with Crippen LogP contribution in [0.3, 0.4) is 0 Å². The van der Waals surface area contributed by atoms with Gasteiger partial charge in [-0.25, -0.2) is 0 Å². The Kier molecular flexibility index (Phi) is 6.44. The van der Waals surface area contributed by atoms with Gasteiger partial charge in [0.05, 0.1) is 12.6 Å². The Morgan fingerprint density at radius 1 is 1.58 bits per heavy atom. The van der Waals surface area contributed by atoms with Gasteiger partial charge in [0.15, 0.2) is 5.82 Å². The summed E-state index contributed by atoms with van der Waals surface area (Å²) in [5, 5.41) is 6.57. The van der Waals surface area contributed by atoms with E-state index in [4.69, 9.17) is 9.26 Å². The summed E-state index contributed by atoms with van der Waals surface area (Å²) in [5.74, 6) is 1.09. The fourth-order valence-corrected chi connectivity index (χ4v) is 1.54.